The fourth-order valence-electron chi connectivity index (χ4n) is 1.80. The van der Waals surface area contributed by atoms with Gasteiger partial charge >= 0.3 is 0 Å². The van der Waals surface area contributed by atoms with Crippen LogP contribution in [0.15, 0.2) is 6.07 Å². The van der Waals surface area contributed by atoms with Crippen molar-refractivity contribution in [2.75, 3.05) is 13.6 Å². The van der Waals surface area contributed by atoms with Gasteiger partial charge in [-0.2, -0.15) is 0 Å². The van der Waals surface area contributed by atoms with Gasteiger partial charge in [0.1, 0.15) is 5.75 Å². The predicted molar refractivity (Wildman–Crippen MR) is 61.2 cm³/mol. The molecule has 0 fully saturated rings. The van der Waals surface area contributed by atoms with Crippen LogP contribution in [0.3, 0.4) is 0 Å². The Balaban J connectivity index is 3.23. The van der Waals surface area contributed by atoms with E-state index >= 15 is 0 Å². The molecule has 1 rings (SSSR count). The van der Waals surface area contributed by atoms with E-state index < -0.39 is 6.10 Å². The van der Waals surface area contributed by atoms with Gasteiger partial charge in [-0.05, 0) is 44.5 Å². The molecule has 15 heavy (non-hydrogen) atoms. The Morgan fingerprint density at radius 2 is 1.87 bits per heavy atom. The van der Waals surface area contributed by atoms with E-state index in [2.05, 4.69) is 5.32 Å². The highest BCUT2D eigenvalue weighted by molar-refractivity contribution is 5.49. The molecule has 0 aliphatic heterocycles. The van der Waals surface area contributed by atoms with Gasteiger partial charge in [0.2, 0.25) is 0 Å². The molecule has 0 radical (unpaired) electrons. The lowest BCUT2D eigenvalue weighted by molar-refractivity contribution is 0.173. The van der Waals surface area contributed by atoms with E-state index in [1.807, 2.05) is 26.8 Å². The normalized spacial score (nSPS) is 12.9. The maximum atomic E-state index is 9.97. The maximum Gasteiger partial charge on any atom is 0.124 e. The van der Waals surface area contributed by atoms with Gasteiger partial charge in [-0.25, -0.2) is 0 Å². The molecule has 0 saturated heterocycles. The second-order valence-corrected chi connectivity index (χ2v) is 3.97. The summed E-state index contributed by atoms with van der Waals surface area (Å²) >= 11 is 0. The van der Waals surface area contributed by atoms with Crippen LogP contribution in [0, 0.1) is 20.8 Å². The van der Waals surface area contributed by atoms with Gasteiger partial charge in [-0.15, -0.1) is 0 Å². The quantitative estimate of drug-likeness (QED) is 0.708. The van der Waals surface area contributed by atoms with E-state index in [1.54, 1.807) is 7.05 Å². The van der Waals surface area contributed by atoms with Crippen LogP contribution in [-0.2, 0) is 0 Å². The Morgan fingerprint density at radius 3 is 2.40 bits per heavy atom. The molecule has 1 aromatic rings. The van der Waals surface area contributed by atoms with Gasteiger partial charge in [0.15, 0.2) is 0 Å². The van der Waals surface area contributed by atoms with Crippen molar-refractivity contribution in [2.45, 2.75) is 26.9 Å². The minimum Gasteiger partial charge on any atom is -0.507 e. The van der Waals surface area contributed by atoms with E-state index in [9.17, 15) is 10.2 Å². The summed E-state index contributed by atoms with van der Waals surface area (Å²) in [6.45, 7) is 6.16. The van der Waals surface area contributed by atoms with Crippen LogP contribution < -0.4 is 5.32 Å². The summed E-state index contributed by atoms with van der Waals surface area (Å²) in [6.07, 6.45) is -0.658. The van der Waals surface area contributed by atoms with Crippen LogP contribution in [-0.4, -0.2) is 23.8 Å². The highest BCUT2D eigenvalue weighted by atomic mass is 16.3. The third kappa shape index (κ3) is 2.30. The second-order valence-electron chi connectivity index (χ2n) is 3.97. The van der Waals surface area contributed by atoms with Crippen molar-refractivity contribution in [3.8, 4) is 5.75 Å². The van der Waals surface area contributed by atoms with E-state index in [1.165, 1.54) is 0 Å². The summed E-state index contributed by atoms with van der Waals surface area (Å²) in [6, 6.07) is 1.99. The molecular weight excluding hydrogens is 190 g/mol. The Labute approximate surface area is 90.8 Å². The molecule has 1 unspecified atom stereocenters. The molecule has 0 amide bonds. The van der Waals surface area contributed by atoms with Crippen molar-refractivity contribution in [1.82, 2.24) is 5.32 Å². The number of aliphatic hydroxyl groups excluding tert-OH is 1. The molecule has 0 saturated carbocycles. The number of phenolic OH excluding ortho intramolecular Hbond substituents is 1. The van der Waals surface area contributed by atoms with Gasteiger partial charge in [-0.1, -0.05) is 6.07 Å². The fourth-order valence-corrected chi connectivity index (χ4v) is 1.80. The highest BCUT2D eigenvalue weighted by Gasteiger charge is 2.17. The number of aryl methyl sites for hydroxylation is 2. The lowest BCUT2D eigenvalue weighted by atomic mass is 9.95. The molecular formula is C12H19NO2. The van der Waals surface area contributed by atoms with Crippen LogP contribution in [0.5, 0.6) is 5.75 Å². The Bertz CT molecular complexity index is 361. The number of rotatable bonds is 3. The minimum absolute atomic E-state index is 0.218. The summed E-state index contributed by atoms with van der Waals surface area (Å²) < 4.78 is 0. The lowest BCUT2D eigenvalue weighted by Crippen LogP contribution is -2.18. The number of phenols is 1. The van der Waals surface area contributed by atoms with Crippen molar-refractivity contribution in [1.29, 1.82) is 0 Å². The Hall–Kier alpha value is -1.06. The van der Waals surface area contributed by atoms with Crippen LogP contribution in [0.25, 0.3) is 0 Å². The number of likely N-dealkylation sites (N-methyl/N-ethyl adjacent to an activating group) is 1. The average Bonchev–Trinajstić information content (AvgIpc) is 2.15. The highest BCUT2D eigenvalue weighted by Crippen LogP contribution is 2.32. The molecule has 1 aromatic carbocycles. The number of hydrogen-bond acceptors (Lipinski definition) is 3. The zero-order valence-electron chi connectivity index (χ0n) is 9.76. The first-order valence-electron chi connectivity index (χ1n) is 5.11. The van der Waals surface area contributed by atoms with E-state index in [-0.39, 0.29) is 5.75 Å². The Kier molecular flexibility index (Phi) is 3.72. The monoisotopic (exact) mass is 209 g/mol. The molecule has 0 aliphatic rings. The number of aliphatic hydroxyl groups is 1. The van der Waals surface area contributed by atoms with Crippen LogP contribution in [0.2, 0.25) is 0 Å². The molecule has 3 heteroatoms. The van der Waals surface area contributed by atoms with Gasteiger partial charge in [-0.3, -0.25) is 0 Å². The van der Waals surface area contributed by atoms with Crippen LogP contribution >= 0.6 is 0 Å². The smallest absolute Gasteiger partial charge is 0.124 e. The van der Waals surface area contributed by atoms with Crippen molar-refractivity contribution < 1.29 is 10.2 Å². The third-order valence-electron chi connectivity index (χ3n) is 2.79. The second kappa shape index (κ2) is 4.64. The molecule has 1 atom stereocenters. The predicted octanol–water partition coefficient (Wildman–Crippen LogP) is 1.57. The molecule has 0 aliphatic carbocycles. The molecule has 0 aromatic heterocycles. The molecule has 84 valence electrons. The van der Waals surface area contributed by atoms with Crippen LogP contribution in [0.4, 0.5) is 0 Å². The zero-order chi connectivity index (χ0) is 11.6. The van der Waals surface area contributed by atoms with Crippen molar-refractivity contribution >= 4 is 0 Å². The van der Waals surface area contributed by atoms with E-state index in [4.69, 9.17) is 0 Å². The van der Waals surface area contributed by atoms with Gasteiger partial charge < -0.3 is 15.5 Å². The fraction of sp³-hybridized carbons (Fsp3) is 0.500. The topological polar surface area (TPSA) is 52.5 Å². The summed E-state index contributed by atoms with van der Waals surface area (Å²) in [5.41, 5.74) is 3.45. The molecule has 0 bridgehead atoms. The Morgan fingerprint density at radius 1 is 1.27 bits per heavy atom. The molecule has 0 spiro atoms. The molecule has 3 nitrogen and oxygen atoms in total. The summed E-state index contributed by atoms with van der Waals surface area (Å²) in [5, 5.41) is 22.7. The summed E-state index contributed by atoms with van der Waals surface area (Å²) in [4.78, 5) is 0. The van der Waals surface area contributed by atoms with Crippen molar-refractivity contribution in [2.24, 2.45) is 0 Å². The zero-order valence-corrected chi connectivity index (χ0v) is 9.76. The minimum atomic E-state index is -0.658. The summed E-state index contributed by atoms with van der Waals surface area (Å²) in [7, 11) is 1.77. The van der Waals surface area contributed by atoms with Crippen LogP contribution in [0.1, 0.15) is 28.4 Å². The molecule has 0 heterocycles. The number of aromatic hydroxyl groups is 1. The SMILES string of the molecule is CNCC(O)c1c(C)cc(C)c(C)c1O. The average molecular weight is 209 g/mol. The van der Waals surface area contributed by atoms with E-state index in [0.29, 0.717) is 12.1 Å². The van der Waals surface area contributed by atoms with Crippen molar-refractivity contribution in [3.63, 3.8) is 0 Å². The number of benzene rings is 1. The van der Waals surface area contributed by atoms with Gasteiger partial charge in [0.25, 0.3) is 0 Å². The van der Waals surface area contributed by atoms with E-state index in [0.717, 1.165) is 16.7 Å². The van der Waals surface area contributed by atoms with Gasteiger partial charge in [0, 0.05) is 12.1 Å². The lowest BCUT2D eigenvalue weighted by Gasteiger charge is -2.18. The first kappa shape index (κ1) is 12.0. The maximum absolute atomic E-state index is 9.97. The third-order valence-corrected chi connectivity index (χ3v) is 2.79. The summed E-state index contributed by atoms with van der Waals surface area (Å²) in [5.74, 6) is 0.218. The molecule has 3 N–H and O–H groups in total. The van der Waals surface area contributed by atoms with Gasteiger partial charge in [0.05, 0.1) is 6.10 Å². The number of nitrogens with one attached hydrogen (secondary N) is 1. The standard InChI is InChI=1S/C12H19NO2/c1-7-5-8(2)11(10(14)6-13-4)12(15)9(7)3/h5,10,13-15H,6H2,1-4H3. The number of hydrogen-bond donors (Lipinski definition) is 3. The van der Waals surface area contributed by atoms with Crippen molar-refractivity contribution in [3.05, 3.63) is 28.3 Å². The first-order valence-corrected chi connectivity index (χ1v) is 5.11. The largest absolute Gasteiger partial charge is 0.507 e. The first-order chi connectivity index (χ1) is 6.99.